The van der Waals surface area contributed by atoms with Gasteiger partial charge in [0.25, 0.3) is 0 Å². The number of ether oxygens (including phenoxy) is 2. The van der Waals surface area contributed by atoms with Gasteiger partial charge in [-0.15, -0.1) is 11.6 Å². The van der Waals surface area contributed by atoms with E-state index in [4.69, 9.17) is 21.1 Å². The average Bonchev–Trinajstić information content (AvgIpc) is 2.87. The number of allylic oxidation sites excluding steroid dienone is 2. The van der Waals surface area contributed by atoms with Crippen LogP contribution >= 0.6 is 11.6 Å². The number of rotatable bonds is 10. The van der Waals surface area contributed by atoms with Crippen LogP contribution in [0.25, 0.3) is 0 Å². The molecule has 1 aliphatic rings. The van der Waals surface area contributed by atoms with E-state index in [2.05, 4.69) is 32.1 Å². The van der Waals surface area contributed by atoms with Gasteiger partial charge in [0, 0.05) is 17.7 Å². The Morgan fingerprint density at radius 2 is 1.90 bits per heavy atom. The van der Waals surface area contributed by atoms with Crippen molar-refractivity contribution in [1.82, 2.24) is 0 Å². The van der Waals surface area contributed by atoms with Crippen molar-refractivity contribution in [2.24, 2.45) is 11.8 Å². The Hall–Kier alpha value is -1.52. The predicted octanol–water partition coefficient (Wildman–Crippen LogP) is 5.35. The third-order valence-corrected chi connectivity index (χ3v) is 5.81. The minimum Gasteiger partial charge on any atom is -0.493 e. The second-order valence-corrected chi connectivity index (χ2v) is 8.98. The topological polar surface area (TPSA) is 55.8 Å². The van der Waals surface area contributed by atoms with Crippen molar-refractivity contribution in [2.45, 2.75) is 77.4 Å². The zero-order valence-corrected chi connectivity index (χ0v) is 18.8. The molecule has 0 radical (unpaired) electrons. The molecule has 0 aliphatic heterocycles. The number of aliphatic hydroxyl groups excluding tert-OH is 1. The van der Waals surface area contributed by atoms with Crippen molar-refractivity contribution in [3.63, 3.8) is 0 Å². The van der Waals surface area contributed by atoms with E-state index in [0.29, 0.717) is 19.4 Å². The Kier molecular flexibility index (Phi) is 9.51. The lowest BCUT2D eigenvalue weighted by Gasteiger charge is -2.23. The number of hydrogen-bond donors (Lipinski definition) is 1. The fourth-order valence-electron chi connectivity index (χ4n) is 3.96. The van der Waals surface area contributed by atoms with E-state index in [1.165, 1.54) is 11.1 Å². The number of carbonyl (C=O) groups is 1. The number of unbranched alkanes of at least 4 members (excludes halogenated alkanes) is 1. The van der Waals surface area contributed by atoms with Crippen LogP contribution in [0.1, 0.15) is 57.1 Å². The summed E-state index contributed by atoms with van der Waals surface area (Å²) in [6.07, 6.45) is 7.18. The second kappa shape index (κ2) is 11.6. The van der Waals surface area contributed by atoms with Gasteiger partial charge in [-0.05, 0) is 82.6 Å². The summed E-state index contributed by atoms with van der Waals surface area (Å²) in [5.41, 5.74) is 2.33. The highest BCUT2D eigenvalue weighted by Crippen LogP contribution is 2.39. The summed E-state index contributed by atoms with van der Waals surface area (Å²) in [7, 11) is 0. The molecule has 2 rings (SSSR count). The first-order chi connectivity index (χ1) is 13.8. The van der Waals surface area contributed by atoms with Crippen molar-refractivity contribution < 1.29 is 19.4 Å². The number of carbonyl (C=O) groups excluding carboxylic acids is 1. The van der Waals surface area contributed by atoms with Gasteiger partial charge in [0.05, 0.1) is 18.8 Å². The van der Waals surface area contributed by atoms with Crippen LogP contribution in [0, 0.1) is 25.7 Å². The molecule has 162 valence electrons. The Bertz CT molecular complexity index is 665. The van der Waals surface area contributed by atoms with Crippen LogP contribution in [0.15, 0.2) is 30.4 Å². The van der Waals surface area contributed by atoms with E-state index in [9.17, 15) is 9.90 Å². The van der Waals surface area contributed by atoms with Gasteiger partial charge in [0.15, 0.2) is 0 Å². The molecule has 5 heteroatoms. The maximum atomic E-state index is 11.5. The van der Waals surface area contributed by atoms with Gasteiger partial charge in [-0.3, -0.25) is 4.79 Å². The summed E-state index contributed by atoms with van der Waals surface area (Å²) in [6.45, 7) is 8.28. The maximum Gasteiger partial charge on any atom is 0.306 e. The summed E-state index contributed by atoms with van der Waals surface area (Å²) >= 11 is 6.52. The average molecular weight is 423 g/mol. The number of benzene rings is 1. The van der Waals surface area contributed by atoms with Gasteiger partial charge in [-0.1, -0.05) is 18.2 Å². The molecule has 1 N–H and O–H groups in total. The summed E-state index contributed by atoms with van der Waals surface area (Å²) in [5, 5.41) is 10.4. The smallest absolute Gasteiger partial charge is 0.306 e. The molecular weight excluding hydrogens is 388 g/mol. The van der Waals surface area contributed by atoms with Crippen molar-refractivity contribution >= 4 is 17.6 Å². The number of esters is 1. The van der Waals surface area contributed by atoms with E-state index in [1.54, 1.807) is 0 Å². The highest BCUT2D eigenvalue weighted by molar-refractivity contribution is 6.21. The fraction of sp³-hybridized carbons (Fsp3) is 0.625. The van der Waals surface area contributed by atoms with Crippen molar-refractivity contribution in [3.05, 3.63) is 41.5 Å². The number of aliphatic hydroxyl groups is 1. The molecule has 1 fully saturated rings. The SMILES string of the molecule is Cc1cc(C)cc(OC[C@@H]2[C@@H](C/C=C\CCCC(=O)OC(C)C)[C@@H](Cl)C[C@H]2O)c1. The van der Waals surface area contributed by atoms with Gasteiger partial charge in [0.1, 0.15) is 5.75 Å². The zero-order valence-electron chi connectivity index (χ0n) is 18.1. The van der Waals surface area contributed by atoms with Crippen LogP contribution in [0.3, 0.4) is 0 Å². The lowest BCUT2D eigenvalue weighted by molar-refractivity contribution is -0.147. The van der Waals surface area contributed by atoms with E-state index in [-0.39, 0.29) is 29.3 Å². The minimum atomic E-state index is -0.437. The standard InChI is InChI=1S/C24H35ClO4/c1-16(2)29-24(27)10-8-6-5-7-9-20-21(23(26)14-22(20)25)15-28-19-12-17(3)11-18(4)13-19/h5,7,11-13,16,20-23,26H,6,8-10,14-15H2,1-4H3/b7-5-/t20-,21-,22+,23-/m1/s1. The number of halogens is 1. The first-order valence-electron chi connectivity index (χ1n) is 10.6. The minimum absolute atomic E-state index is 0.0176. The zero-order chi connectivity index (χ0) is 21.4. The lowest BCUT2D eigenvalue weighted by Crippen LogP contribution is -2.27. The van der Waals surface area contributed by atoms with Crippen LogP contribution in [-0.4, -0.2) is 35.3 Å². The molecule has 29 heavy (non-hydrogen) atoms. The third kappa shape index (κ3) is 8.02. The first-order valence-corrected chi connectivity index (χ1v) is 11.1. The van der Waals surface area contributed by atoms with Crippen LogP contribution in [0.4, 0.5) is 0 Å². The summed E-state index contributed by atoms with van der Waals surface area (Å²) in [6, 6.07) is 6.15. The van der Waals surface area contributed by atoms with Gasteiger partial charge >= 0.3 is 5.97 Å². The predicted molar refractivity (Wildman–Crippen MR) is 117 cm³/mol. The second-order valence-electron chi connectivity index (χ2n) is 8.42. The Morgan fingerprint density at radius 3 is 2.55 bits per heavy atom. The Balaban J connectivity index is 1.80. The third-order valence-electron chi connectivity index (χ3n) is 5.31. The van der Waals surface area contributed by atoms with Crippen molar-refractivity contribution in [3.8, 4) is 5.75 Å². The van der Waals surface area contributed by atoms with Crippen LogP contribution in [-0.2, 0) is 9.53 Å². The molecule has 0 heterocycles. The van der Waals surface area contributed by atoms with E-state index in [1.807, 2.05) is 26.0 Å². The molecule has 1 aliphatic carbocycles. The van der Waals surface area contributed by atoms with Crippen molar-refractivity contribution in [2.75, 3.05) is 6.61 Å². The highest BCUT2D eigenvalue weighted by Gasteiger charge is 2.41. The molecule has 1 saturated carbocycles. The molecule has 1 aromatic carbocycles. The Labute approximate surface area is 180 Å². The molecule has 0 spiro atoms. The van der Waals surface area contributed by atoms with Crippen LogP contribution < -0.4 is 4.74 Å². The molecular formula is C24H35ClO4. The normalized spacial score (nSPS) is 24.4. The molecule has 0 amide bonds. The van der Waals surface area contributed by atoms with Gasteiger partial charge < -0.3 is 14.6 Å². The summed E-state index contributed by atoms with van der Waals surface area (Å²) < 4.78 is 11.1. The maximum absolute atomic E-state index is 11.5. The molecule has 0 bridgehead atoms. The highest BCUT2D eigenvalue weighted by atomic mass is 35.5. The first kappa shape index (κ1) is 23.8. The molecule has 4 nitrogen and oxygen atoms in total. The summed E-state index contributed by atoms with van der Waals surface area (Å²) in [5.74, 6) is 0.899. The largest absolute Gasteiger partial charge is 0.493 e. The van der Waals surface area contributed by atoms with Gasteiger partial charge in [-0.25, -0.2) is 0 Å². The van der Waals surface area contributed by atoms with E-state index < -0.39 is 6.10 Å². The monoisotopic (exact) mass is 422 g/mol. The van der Waals surface area contributed by atoms with Crippen LogP contribution in [0.5, 0.6) is 5.75 Å². The van der Waals surface area contributed by atoms with E-state index in [0.717, 1.165) is 25.0 Å². The number of alkyl halides is 1. The molecule has 0 unspecified atom stereocenters. The molecule has 0 aromatic heterocycles. The van der Waals surface area contributed by atoms with E-state index >= 15 is 0 Å². The fourth-order valence-corrected chi connectivity index (χ4v) is 4.43. The summed E-state index contributed by atoms with van der Waals surface area (Å²) in [4.78, 5) is 11.5. The number of hydrogen-bond acceptors (Lipinski definition) is 4. The lowest BCUT2D eigenvalue weighted by atomic mass is 9.92. The van der Waals surface area contributed by atoms with Gasteiger partial charge in [-0.2, -0.15) is 0 Å². The van der Waals surface area contributed by atoms with Crippen molar-refractivity contribution in [1.29, 1.82) is 0 Å². The number of aryl methyl sites for hydroxylation is 2. The molecule has 1 aromatic rings. The molecule has 4 atom stereocenters. The molecule has 0 saturated heterocycles. The quantitative estimate of drug-likeness (QED) is 0.239. The van der Waals surface area contributed by atoms with Crippen LogP contribution in [0.2, 0.25) is 0 Å². The van der Waals surface area contributed by atoms with Gasteiger partial charge in [0.2, 0.25) is 0 Å². The Morgan fingerprint density at radius 1 is 1.21 bits per heavy atom.